The minimum Gasteiger partial charge on any atom is -0.385 e. The van der Waals surface area contributed by atoms with Crippen LogP contribution in [0.25, 0.3) is 0 Å². The summed E-state index contributed by atoms with van der Waals surface area (Å²) >= 11 is 0. The van der Waals surface area contributed by atoms with Gasteiger partial charge in [0.05, 0.1) is 11.7 Å². The molecule has 0 bridgehead atoms. The van der Waals surface area contributed by atoms with Gasteiger partial charge in [0.25, 0.3) is 0 Å². The van der Waals surface area contributed by atoms with Gasteiger partial charge in [-0.2, -0.15) is 0 Å². The second-order valence-corrected chi connectivity index (χ2v) is 5.93. The molecule has 1 heterocycles. The van der Waals surface area contributed by atoms with Gasteiger partial charge in [-0.3, -0.25) is 0 Å². The summed E-state index contributed by atoms with van der Waals surface area (Å²) in [6.45, 7) is 3.01. The van der Waals surface area contributed by atoms with Crippen molar-refractivity contribution in [1.82, 2.24) is 5.32 Å². The Labute approximate surface area is 112 Å². The highest BCUT2D eigenvalue weighted by molar-refractivity contribution is 4.91. The van der Waals surface area contributed by atoms with Crippen LogP contribution in [0.3, 0.4) is 0 Å². The van der Waals surface area contributed by atoms with Gasteiger partial charge < -0.3 is 14.8 Å². The van der Waals surface area contributed by atoms with Crippen LogP contribution < -0.4 is 5.32 Å². The molecule has 0 aromatic heterocycles. The lowest BCUT2D eigenvalue weighted by molar-refractivity contribution is -0.0623. The fourth-order valence-corrected chi connectivity index (χ4v) is 3.36. The van der Waals surface area contributed by atoms with E-state index < -0.39 is 0 Å². The molecule has 106 valence electrons. The standard InChI is InChI=1S/C15H29NO2/c1-17-12-6-5-11-16-13-14-7-10-15(18-14)8-3-2-4-9-15/h14,16H,2-13H2,1H3. The van der Waals surface area contributed by atoms with Crippen molar-refractivity contribution < 1.29 is 9.47 Å². The number of nitrogens with one attached hydrogen (secondary N) is 1. The van der Waals surface area contributed by atoms with Crippen molar-refractivity contribution in [3.63, 3.8) is 0 Å². The first-order valence-electron chi connectivity index (χ1n) is 7.72. The fraction of sp³-hybridized carbons (Fsp3) is 1.00. The van der Waals surface area contributed by atoms with Crippen LogP contribution in [0.15, 0.2) is 0 Å². The maximum atomic E-state index is 6.33. The zero-order valence-electron chi connectivity index (χ0n) is 11.9. The highest BCUT2D eigenvalue weighted by Gasteiger charge is 2.40. The zero-order valence-corrected chi connectivity index (χ0v) is 11.9. The molecule has 2 aliphatic rings. The molecular formula is C15H29NO2. The molecule has 3 heteroatoms. The van der Waals surface area contributed by atoms with Gasteiger partial charge in [-0.1, -0.05) is 19.3 Å². The molecule has 0 amide bonds. The molecule has 1 atom stereocenters. The normalized spacial score (nSPS) is 26.8. The van der Waals surface area contributed by atoms with Gasteiger partial charge in [-0.25, -0.2) is 0 Å². The molecule has 0 aromatic rings. The van der Waals surface area contributed by atoms with E-state index in [9.17, 15) is 0 Å². The van der Waals surface area contributed by atoms with Gasteiger partial charge in [0.2, 0.25) is 0 Å². The van der Waals surface area contributed by atoms with E-state index in [2.05, 4.69) is 5.32 Å². The fourth-order valence-electron chi connectivity index (χ4n) is 3.36. The van der Waals surface area contributed by atoms with E-state index in [1.165, 1.54) is 51.4 Å². The predicted molar refractivity (Wildman–Crippen MR) is 73.9 cm³/mol. The summed E-state index contributed by atoms with van der Waals surface area (Å²) in [5.41, 5.74) is 0.278. The minimum atomic E-state index is 0.278. The van der Waals surface area contributed by atoms with Crippen molar-refractivity contribution in [2.45, 2.75) is 69.5 Å². The number of unbranched alkanes of at least 4 members (excludes halogenated alkanes) is 1. The van der Waals surface area contributed by atoms with E-state index in [-0.39, 0.29) is 5.60 Å². The first-order chi connectivity index (χ1) is 8.85. The van der Waals surface area contributed by atoms with Crippen LogP contribution >= 0.6 is 0 Å². The van der Waals surface area contributed by atoms with Crippen LogP contribution in [0.5, 0.6) is 0 Å². The van der Waals surface area contributed by atoms with Crippen LogP contribution in [-0.2, 0) is 9.47 Å². The van der Waals surface area contributed by atoms with E-state index in [4.69, 9.17) is 9.47 Å². The molecule has 2 rings (SSSR count). The molecular weight excluding hydrogens is 226 g/mol. The first kappa shape index (κ1) is 14.3. The monoisotopic (exact) mass is 255 g/mol. The third kappa shape index (κ3) is 4.22. The maximum absolute atomic E-state index is 6.33. The van der Waals surface area contributed by atoms with Crippen molar-refractivity contribution >= 4 is 0 Å². The highest BCUT2D eigenvalue weighted by atomic mass is 16.5. The van der Waals surface area contributed by atoms with Crippen LogP contribution in [0, 0.1) is 0 Å². The number of ether oxygens (including phenoxy) is 2. The van der Waals surface area contributed by atoms with Crippen molar-refractivity contribution in [3.8, 4) is 0 Å². The zero-order chi connectivity index (χ0) is 12.7. The number of methoxy groups -OCH3 is 1. The first-order valence-corrected chi connectivity index (χ1v) is 7.72. The molecule has 0 radical (unpaired) electrons. The largest absolute Gasteiger partial charge is 0.385 e. The van der Waals surface area contributed by atoms with E-state index in [0.717, 1.165) is 26.1 Å². The second kappa shape index (κ2) is 7.46. The summed E-state index contributed by atoms with van der Waals surface area (Å²) < 4.78 is 11.4. The highest BCUT2D eigenvalue weighted by Crippen LogP contribution is 2.41. The number of hydrogen-bond donors (Lipinski definition) is 1. The van der Waals surface area contributed by atoms with Crippen LogP contribution in [0.2, 0.25) is 0 Å². The van der Waals surface area contributed by atoms with Gasteiger partial charge in [0.1, 0.15) is 0 Å². The lowest BCUT2D eigenvalue weighted by Crippen LogP contribution is -2.34. The molecule has 18 heavy (non-hydrogen) atoms. The predicted octanol–water partition coefficient (Wildman–Crippen LogP) is 2.88. The molecule has 1 saturated heterocycles. The van der Waals surface area contributed by atoms with Crippen molar-refractivity contribution in [1.29, 1.82) is 0 Å². The second-order valence-electron chi connectivity index (χ2n) is 5.93. The summed E-state index contributed by atoms with van der Waals surface area (Å²) in [6, 6.07) is 0. The topological polar surface area (TPSA) is 30.5 Å². The molecule has 1 saturated carbocycles. The smallest absolute Gasteiger partial charge is 0.0708 e. The third-order valence-electron chi connectivity index (χ3n) is 4.43. The Morgan fingerprint density at radius 1 is 1.17 bits per heavy atom. The van der Waals surface area contributed by atoms with Crippen molar-refractivity contribution in [2.24, 2.45) is 0 Å². The lowest BCUT2D eigenvalue weighted by Gasteiger charge is -2.33. The van der Waals surface area contributed by atoms with E-state index in [1.54, 1.807) is 7.11 Å². The molecule has 3 nitrogen and oxygen atoms in total. The third-order valence-corrected chi connectivity index (χ3v) is 4.43. The number of rotatable bonds is 7. The summed E-state index contributed by atoms with van der Waals surface area (Å²) in [4.78, 5) is 0. The maximum Gasteiger partial charge on any atom is 0.0708 e. The van der Waals surface area contributed by atoms with Crippen molar-refractivity contribution in [3.05, 3.63) is 0 Å². The van der Waals surface area contributed by atoms with Gasteiger partial charge in [0.15, 0.2) is 0 Å². The molecule has 1 spiro atoms. The minimum absolute atomic E-state index is 0.278. The Balaban J connectivity index is 1.55. The molecule has 1 aliphatic heterocycles. The van der Waals surface area contributed by atoms with Crippen LogP contribution in [0.4, 0.5) is 0 Å². The quantitative estimate of drug-likeness (QED) is 0.710. The van der Waals surface area contributed by atoms with E-state index in [0.29, 0.717) is 6.10 Å². The SMILES string of the molecule is COCCCCNCC1CCC2(CCCCC2)O1. The van der Waals surface area contributed by atoms with Gasteiger partial charge in [-0.15, -0.1) is 0 Å². The lowest BCUT2D eigenvalue weighted by atomic mass is 9.83. The molecule has 1 N–H and O–H groups in total. The van der Waals surface area contributed by atoms with E-state index in [1.807, 2.05) is 0 Å². The van der Waals surface area contributed by atoms with Crippen LogP contribution in [-0.4, -0.2) is 38.5 Å². The average molecular weight is 255 g/mol. The Hall–Kier alpha value is -0.120. The summed E-state index contributed by atoms with van der Waals surface area (Å²) in [5, 5.41) is 3.53. The number of hydrogen-bond acceptors (Lipinski definition) is 3. The van der Waals surface area contributed by atoms with E-state index >= 15 is 0 Å². The van der Waals surface area contributed by atoms with Gasteiger partial charge in [-0.05, 0) is 45.1 Å². The summed E-state index contributed by atoms with van der Waals surface area (Å²) in [7, 11) is 1.77. The van der Waals surface area contributed by atoms with Gasteiger partial charge >= 0.3 is 0 Å². The van der Waals surface area contributed by atoms with Gasteiger partial charge in [0, 0.05) is 20.3 Å². The Morgan fingerprint density at radius 3 is 2.78 bits per heavy atom. The summed E-state index contributed by atoms with van der Waals surface area (Å²) in [5.74, 6) is 0. The molecule has 1 unspecified atom stereocenters. The molecule has 0 aromatic carbocycles. The summed E-state index contributed by atoms with van der Waals surface area (Å²) in [6.07, 6.45) is 12.1. The van der Waals surface area contributed by atoms with Crippen molar-refractivity contribution in [2.75, 3.05) is 26.8 Å². The average Bonchev–Trinajstić information content (AvgIpc) is 2.78. The molecule has 2 fully saturated rings. The Kier molecular flexibility index (Phi) is 5.93. The molecule has 1 aliphatic carbocycles. The Morgan fingerprint density at radius 2 is 2.00 bits per heavy atom. The van der Waals surface area contributed by atoms with Crippen LogP contribution in [0.1, 0.15) is 57.8 Å². The Bertz CT molecular complexity index is 227.